The van der Waals surface area contributed by atoms with Crippen LogP contribution in [0.1, 0.15) is 26.2 Å². The molecule has 0 fully saturated rings. The summed E-state index contributed by atoms with van der Waals surface area (Å²) in [5, 5.41) is 12.7. The monoisotopic (exact) mass is 301 g/mol. The highest BCUT2D eigenvalue weighted by Crippen LogP contribution is 2.26. The largest absolute Gasteiger partial charge is 0.393 e. The van der Waals surface area contributed by atoms with E-state index >= 15 is 0 Å². The van der Waals surface area contributed by atoms with Gasteiger partial charge in [0.15, 0.2) is 0 Å². The van der Waals surface area contributed by atoms with E-state index in [0.717, 1.165) is 16.3 Å². The molecule has 1 aromatic carbocycles. The number of aliphatic hydroxyl groups excluding tert-OH is 1. The van der Waals surface area contributed by atoms with E-state index in [-0.39, 0.29) is 12.0 Å². The van der Waals surface area contributed by atoms with E-state index < -0.39 is 0 Å². The fraction of sp³-hybridized carbons (Fsp3) is 0.500. The van der Waals surface area contributed by atoms with Gasteiger partial charge in [0.25, 0.3) is 0 Å². The lowest BCUT2D eigenvalue weighted by molar-refractivity contribution is -0.120. The first-order valence-electron chi connectivity index (χ1n) is 6.41. The lowest BCUT2D eigenvalue weighted by Gasteiger charge is -2.07. The van der Waals surface area contributed by atoms with Crippen molar-refractivity contribution in [1.82, 2.24) is 5.32 Å². The van der Waals surface area contributed by atoms with E-state index in [1.165, 1.54) is 0 Å². The topological polar surface area (TPSA) is 49.3 Å². The second-order valence-corrected chi connectivity index (χ2v) is 5.91. The van der Waals surface area contributed by atoms with Crippen LogP contribution >= 0.6 is 23.4 Å². The van der Waals surface area contributed by atoms with E-state index in [2.05, 4.69) is 5.32 Å². The standard InChI is InChI=1S/C14H20ClNO2S/c1-11(17)5-4-9-16-14(18)8-10-19-13-7-3-2-6-12(13)15/h2-3,6-7,11,17H,4-5,8-10H2,1H3,(H,16,18). The zero-order chi connectivity index (χ0) is 14.1. The number of halogens is 1. The number of carbonyl (C=O) groups excluding carboxylic acids is 1. The van der Waals surface area contributed by atoms with Crippen molar-refractivity contribution in [2.45, 2.75) is 37.2 Å². The van der Waals surface area contributed by atoms with Gasteiger partial charge in [0.05, 0.1) is 11.1 Å². The van der Waals surface area contributed by atoms with E-state index in [1.807, 2.05) is 24.3 Å². The Morgan fingerprint density at radius 3 is 2.89 bits per heavy atom. The molecule has 1 atom stereocenters. The van der Waals surface area contributed by atoms with Crippen molar-refractivity contribution >= 4 is 29.3 Å². The number of hydrogen-bond acceptors (Lipinski definition) is 3. The van der Waals surface area contributed by atoms with Gasteiger partial charge < -0.3 is 10.4 Å². The third-order valence-corrected chi connectivity index (χ3v) is 4.06. The lowest BCUT2D eigenvalue weighted by Crippen LogP contribution is -2.25. The third-order valence-electron chi connectivity index (χ3n) is 2.54. The molecular formula is C14H20ClNO2S. The van der Waals surface area contributed by atoms with Crippen molar-refractivity contribution in [2.75, 3.05) is 12.3 Å². The molecule has 5 heteroatoms. The van der Waals surface area contributed by atoms with Crippen LogP contribution in [0.5, 0.6) is 0 Å². The SMILES string of the molecule is CC(O)CCCNC(=O)CCSc1ccccc1Cl. The predicted molar refractivity (Wildman–Crippen MR) is 80.7 cm³/mol. The van der Waals surface area contributed by atoms with Crippen molar-refractivity contribution in [3.63, 3.8) is 0 Å². The van der Waals surface area contributed by atoms with Gasteiger partial charge in [-0.1, -0.05) is 23.7 Å². The number of benzene rings is 1. The molecule has 0 aliphatic carbocycles. The summed E-state index contributed by atoms with van der Waals surface area (Å²) in [6.07, 6.45) is 1.70. The average Bonchev–Trinajstić information content (AvgIpc) is 2.37. The van der Waals surface area contributed by atoms with E-state index in [0.29, 0.717) is 25.1 Å². The first kappa shape index (κ1) is 16.3. The molecule has 0 aliphatic rings. The van der Waals surface area contributed by atoms with E-state index in [1.54, 1.807) is 18.7 Å². The average molecular weight is 302 g/mol. The number of rotatable bonds is 8. The summed E-state index contributed by atoms with van der Waals surface area (Å²) in [7, 11) is 0. The number of aliphatic hydroxyl groups is 1. The summed E-state index contributed by atoms with van der Waals surface area (Å²) in [5.41, 5.74) is 0. The smallest absolute Gasteiger partial charge is 0.220 e. The first-order valence-corrected chi connectivity index (χ1v) is 7.78. The number of hydrogen-bond donors (Lipinski definition) is 2. The maximum atomic E-state index is 11.5. The summed E-state index contributed by atoms with van der Waals surface area (Å²) >= 11 is 7.61. The number of carbonyl (C=O) groups is 1. The fourth-order valence-corrected chi connectivity index (χ4v) is 2.72. The fourth-order valence-electron chi connectivity index (χ4n) is 1.53. The first-order chi connectivity index (χ1) is 9.09. The van der Waals surface area contributed by atoms with Gasteiger partial charge in [-0.2, -0.15) is 0 Å². The van der Waals surface area contributed by atoms with Crippen molar-refractivity contribution in [3.05, 3.63) is 29.3 Å². The van der Waals surface area contributed by atoms with E-state index in [9.17, 15) is 4.79 Å². The Hall–Kier alpha value is -0.710. The molecule has 0 bridgehead atoms. The summed E-state index contributed by atoms with van der Waals surface area (Å²) in [6, 6.07) is 7.62. The Labute approximate surface area is 123 Å². The van der Waals surface area contributed by atoms with Crippen LogP contribution in [0, 0.1) is 0 Å². The van der Waals surface area contributed by atoms with Gasteiger partial charge in [-0.3, -0.25) is 4.79 Å². The van der Waals surface area contributed by atoms with Crippen LogP contribution in [-0.4, -0.2) is 29.4 Å². The summed E-state index contributed by atoms with van der Waals surface area (Å²) in [5.74, 6) is 0.761. The quantitative estimate of drug-likeness (QED) is 0.573. The highest BCUT2D eigenvalue weighted by atomic mass is 35.5. The van der Waals surface area contributed by atoms with Gasteiger partial charge >= 0.3 is 0 Å². The van der Waals surface area contributed by atoms with Gasteiger partial charge in [-0.25, -0.2) is 0 Å². The van der Waals surface area contributed by atoms with Gasteiger partial charge in [-0.05, 0) is 31.9 Å². The van der Waals surface area contributed by atoms with Crippen molar-refractivity contribution in [3.8, 4) is 0 Å². The Morgan fingerprint density at radius 2 is 2.21 bits per heavy atom. The molecule has 0 aliphatic heterocycles. The summed E-state index contributed by atoms with van der Waals surface area (Å²) in [4.78, 5) is 12.5. The van der Waals surface area contributed by atoms with Gasteiger partial charge in [0, 0.05) is 23.6 Å². The van der Waals surface area contributed by atoms with Crippen LogP contribution < -0.4 is 5.32 Å². The summed E-state index contributed by atoms with van der Waals surface area (Å²) in [6.45, 7) is 2.38. The van der Waals surface area contributed by atoms with Crippen LogP contribution in [0.25, 0.3) is 0 Å². The minimum absolute atomic E-state index is 0.0464. The number of amides is 1. The van der Waals surface area contributed by atoms with Crippen LogP contribution in [0.2, 0.25) is 5.02 Å². The van der Waals surface area contributed by atoms with Crippen LogP contribution in [-0.2, 0) is 4.79 Å². The second kappa shape index (κ2) is 9.23. The molecule has 0 saturated carbocycles. The molecule has 0 spiro atoms. The third kappa shape index (κ3) is 7.45. The lowest BCUT2D eigenvalue weighted by atomic mass is 10.2. The Kier molecular flexibility index (Phi) is 7.94. The maximum Gasteiger partial charge on any atom is 0.220 e. The van der Waals surface area contributed by atoms with Crippen molar-refractivity contribution < 1.29 is 9.90 Å². The van der Waals surface area contributed by atoms with Gasteiger partial charge in [0.1, 0.15) is 0 Å². The van der Waals surface area contributed by atoms with Crippen molar-refractivity contribution in [1.29, 1.82) is 0 Å². The molecule has 0 aromatic heterocycles. The Morgan fingerprint density at radius 1 is 1.47 bits per heavy atom. The normalized spacial score (nSPS) is 12.2. The number of thioether (sulfide) groups is 1. The Balaban J connectivity index is 2.12. The van der Waals surface area contributed by atoms with Gasteiger partial charge in [0.2, 0.25) is 5.91 Å². The van der Waals surface area contributed by atoms with Gasteiger partial charge in [-0.15, -0.1) is 11.8 Å². The maximum absolute atomic E-state index is 11.5. The van der Waals surface area contributed by atoms with Crippen molar-refractivity contribution in [2.24, 2.45) is 0 Å². The second-order valence-electron chi connectivity index (χ2n) is 4.37. The molecule has 1 rings (SSSR count). The minimum atomic E-state index is -0.298. The molecule has 1 unspecified atom stereocenters. The molecule has 0 saturated heterocycles. The molecule has 0 heterocycles. The molecule has 106 valence electrons. The molecule has 1 aromatic rings. The molecular weight excluding hydrogens is 282 g/mol. The van der Waals surface area contributed by atoms with E-state index in [4.69, 9.17) is 16.7 Å². The molecule has 2 N–H and O–H groups in total. The molecule has 3 nitrogen and oxygen atoms in total. The molecule has 0 radical (unpaired) electrons. The Bertz CT molecular complexity index is 399. The highest BCUT2D eigenvalue weighted by Gasteiger charge is 2.04. The number of nitrogens with one attached hydrogen (secondary N) is 1. The van der Waals surface area contributed by atoms with Crippen LogP contribution in [0.3, 0.4) is 0 Å². The zero-order valence-electron chi connectivity index (χ0n) is 11.1. The molecule has 19 heavy (non-hydrogen) atoms. The zero-order valence-corrected chi connectivity index (χ0v) is 12.6. The molecule has 1 amide bonds. The highest BCUT2D eigenvalue weighted by molar-refractivity contribution is 7.99. The predicted octanol–water partition coefficient (Wildman–Crippen LogP) is 3.10. The van der Waals surface area contributed by atoms with Crippen LogP contribution in [0.15, 0.2) is 29.2 Å². The van der Waals surface area contributed by atoms with Crippen LogP contribution in [0.4, 0.5) is 0 Å². The minimum Gasteiger partial charge on any atom is -0.393 e. The summed E-state index contributed by atoms with van der Waals surface area (Å²) < 4.78 is 0.